The quantitative estimate of drug-likeness (QED) is 0.545. The SMILES string of the molecule is COCCCC(=O)CCC(C)OC. The zero-order valence-electron chi connectivity index (χ0n) is 8.84. The number of carbonyl (C=O) groups excluding carboxylic acids is 1. The zero-order valence-corrected chi connectivity index (χ0v) is 8.84. The van der Waals surface area contributed by atoms with Crippen molar-refractivity contribution in [1.29, 1.82) is 0 Å². The Morgan fingerprint density at radius 1 is 1.31 bits per heavy atom. The molecule has 1 atom stereocenters. The molecular weight excluding hydrogens is 168 g/mol. The first-order chi connectivity index (χ1) is 6.20. The molecular formula is C10H20O3. The molecule has 1 unspecified atom stereocenters. The molecule has 0 aliphatic heterocycles. The fraction of sp³-hybridized carbons (Fsp3) is 0.900. The van der Waals surface area contributed by atoms with E-state index in [-0.39, 0.29) is 6.10 Å². The summed E-state index contributed by atoms with van der Waals surface area (Å²) < 4.78 is 9.91. The van der Waals surface area contributed by atoms with Crippen LogP contribution < -0.4 is 0 Å². The number of ketones is 1. The van der Waals surface area contributed by atoms with E-state index >= 15 is 0 Å². The van der Waals surface area contributed by atoms with Gasteiger partial charge < -0.3 is 9.47 Å². The van der Waals surface area contributed by atoms with Crippen molar-refractivity contribution in [2.75, 3.05) is 20.8 Å². The highest BCUT2D eigenvalue weighted by Gasteiger charge is 2.05. The minimum Gasteiger partial charge on any atom is -0.385 e. The van der Waals surface area contributed by atoms with Crippen molar-refractivity contribution < 1.29 is 14.3 Å². The molecule has 3 nitrogen and oxygen atoms in total. The minimum atomic E-state index is 0.186. The van der Waals surface area contributed by atoms with Gasteiger partial charge in [-0.2, -0.15) is 0 Å². The predicted octanol–water partition coefficient (Wildman–Crippen LogP) is 1.80. The summed E-state index contributed by atoms with van der Waals surface area (Å²) in [5.41, 5.74) is 0. The third-order valence-corrected chi connectivity index (χ3v) is 2.04. The Hall–Kier alpha value is -0.410. The lowest BCUT2D eigenvalue weighted by Crippen LogP contribution is -2.08. The van der Waals surface area contributed by atoms with Crippen molar-refractivity contribution in [1.82, 2.24) is 0 Å². The molecule has 0 aromatic carbocycles. The van der Waals surface area contributed by atoms with Gasteiger partial charge in [-0.05, 0) is 19.8 Å². The molecule has 0 N–H and O–H groups in total. The van der Waals surface area contributed by atoms with Gasteiger partial charge in [0.05, 0.1) is 6.10 Å². The molecule has 0 aromatic rings. The van der Waals surface area contributed by atoms with Crippen molar-refractivity contribution in [2.24, 2.45) is 0 Å². The van der Waals surface area contributed by atoms with E-state index in [9.17, 15) is 4.79 Å². The van der Waals surface area contributed by atoms with Crippen LogP contribution in [0.2, 0.25) is 0 Å². The number of hydrogen-bond donors (Lipinski definition) is 0. The highest BCUT2D eigenvalue weighted by atomic mass is 16.5. The van der Waals surface area contributed by atoms with Crippen LogP contribution in [0.1, 0.15) is 32.6 Å². The maximum atomic E-state index is 11.2. The van der Waals surface area contributed by atoms with Crippen molar-refractivity contribution in [3.63, 3.8) is 0 Å². The number of rotatable bonds is 8. The molecule has 13 heavy (non-hydrogen) atoms. The van der Waals surface area contributed by atoms with E-state index in [1.807, 2.05) is 6.92 Å². The zero-order chi connectivity index (χ0) is 10.1. The molecule has 0 spiro atoms. The Morgan fingerprint density at radius 2 is 2.00 bits per heavy atom. The summed E-state index contributed by atoms with van der Waals surface area (Å²) in [5.74, 6) is 0.306. The molecule has 0 aliphatic rings. The summed E-state index contributed by atoms with van der Waals surface area (Å²) >= 11 is 0. The van der Waals surface area contributed by atoms with Crippen LogP contribution in [0.3, 0.4) is 0 Å². The second-order valence-electron chi connectivity index (χ2n) is 3.22. The van der Waals surface area contributed by atoms with Gasteiger partial charge in [-0.15, -0.1) is 0 Å². The monoisotopic (exact) mass is 188 g/mol. The Kier molecular flexibility index (Phi) is 7.94. The van der Waals surface area contributed by atoms with E-state index < -0.39 is 0 Å². The molecule has 0 radical (unpaired) electrons. The number of methoxy groups -OCH3 is 2. The van der Waals surface area contributed by atoms with Gasteiger partial charge >= 0.3 is 0 Å². The lowest BCUT2D eigenvalue weighted by atomic mass is 10.1. The smallest absolute Gasteiger partial charge is 0.133 e. The van der Waals surface area contributed by atoms with Crippen molar-refractivity contribution in [2.45, 2.75) is 38.7 Å². The Bertz CT molecular complexity index is 134. The predicted molar refractivity (Wildman–Crippen MR) is 51.8 cm³/mol. The van der Waals surface area contributed by atoms with Crippen LogP contribution >= 0.6 is 0 Å². The standard InChI is InChI=1S/C10H20O3/c1-9(13-3)6-7-10(11)5-4-8-12-2/h9H,4-8H2,1-3H3. The van der Waals surface area contributed by atoms with Gasteiger partial charge in [0.2, 0.25) is 0 Å². The average Bonchev–Trinajstić information content (AvgIpc) is 2.14. The third-order valence-electron chi connectivity index (χ3n) is 2.04. The normalized spacial score (nSPS) is 12.8. The highest BCUT2D eigenvalue weighted by Crippen LogP contribution is 2.04. The Morgan fingerprint density at radius 3 is 2.54 bits per heavy atom. The lowest BCUT2D eigenvalue weighted by Gasteiger charge is -2.07. The molecule has 0 rings (SSSR count). The average molecular weight is 188 g/mol. The molecule has 0 aliphatic carbocycles. The van der Waals surface area contributed by atoms with Crippen LogP contribution in [0.5, 0.6) is 0 Å². The van der Waals surface area contributed by atoms with Gasteiger partial charge in [-0.3, -0.25) is 4.79 Å². The van der Waals surface area contributed by atoms with Crippen molar-refractivity contribution >= 4 is 5.78 Å². The van der Waals surface area contributed by atoms with E-state index in [2.05, 4.69) is 0 Å². The second-order valence-corrected chi connectivity index (χ2v) is 3.22. The summed E-state index contributed by atoms with van der Waals surface area (Å²) in [5, 5.41) is 0. The molecule has 0 heterocycles. The van der Waals surface area contributed by atoms with Crippen LogP contribution in [0.25, 0.3) is 0 Å². The number of Topliss-reactive ketones (excluding diaryl/α,β-unsaturated/α-hetero) is 1. The van der Waals surface area contributed by atoms with Crippen LogP contribution in [0.4, 0.5) is 0 Å². The summed E-state index contributed by atoms with van der Waals surface area (Å²) in [6.07, 6.45) is 3.09. The van der Waals surface area contributed by atoms with E-state index in [0.29, 0.717) is 25.2 Å². The number of ether oxygens (including phenoxy) is 2. The minimum absolute atomic E-state index is 0.186. The van der Waals surface area contributed by atoms with Gasteiger partial charge in [0.25, 0.3) is 0 Å². The first-order valence-corrected chi connectivity index (χ1v) is 4.74. The molecule has 0 aromatic heterocycles. The first-order valence-electron chi connectivity index (χ1n) is 4.74. The number of hydrogen-bond acceptors (Lipinski definition) is 3. The first kappa shape index (κ1) is 12.6. The van der Waals surface area contributed by atoms with Crippen LogP contribution in [0, 0.1) is 0 Å². The summed E-state index contributed by atoms with van der Waals surface area (Å²) in [4.78, 5) is 11.2. The van der Waals surface area contributed by atoms with Crippen LogP contribution in [-0.4, -0.2) is 32.7 Å². The largest absolute Gasteiger partial charge is 0.385 e. The highest BCUT2D eigenvalue weighted by molar-refractivity contribution is 5.78. The van der Waals surface area contributed by atoms with Crippen molar-refractivity contribution in [3.8, 4) is 0 Å². The second kappa shape index (κ2) is 8.20. The van der Waals surface area contributed by atoms with Crippen LogP contribution in [-0.2, 0) is 14.3 Å². The van der Waals surface area contributed by atoms with E-state index in [0.717, 1.165) is 12.8 Å². The lowest BCUT2D eigenvalue weighted by molar-refractivity contribution is -0.120. The van der Waals surface area contributed by atoms with E-state index in [1.165, 1.54) is 0 Å². The number of carbonyl (C=O) groups is 1. The topological polar surface area (TPSA) is 35.5 Å². The maximum absolute atomic E-state index is 11.2. The molecule has 0 amide bonds. The van der Waals surface area contributed by atoms with Crippen molar-refractivity contribution in [3.05, 3.63) is 0 Å². The summed E-state index contributed by atoms with van der Waals surface area (Å²) in [7, 11) is 3.32. The van der Waals surface area contributed by atoms with Gasteiger partial charge in [0.15, 0.2) is 0 Å². The molecule has 0 saturated heterocycles. The van der Waals surface area contributed by atoms with Gasteiger partial charge in [0.1, 0.15) is 5.78 Å². The fourth-order valence-corrected chi connectivity index (χ4v) is 1.02. The van der Waals surface area contributed by atoms with Gasteiger partial charge in [0, 0.05) is 33.7 Å². The van der Waals surface area contributed by atoms with E-state index in [4.69, 9.17) is 9.47 Å². The molecule has 0 saturated carbocycles. The van der Waals surface area contributed by atoms with Gasteiger partial charge in [-0.25, -0.2) is 0 Å². The van der Waals surface area contributed by atoms with E-state index in [1.54, 1.807) is 14.2 Å². The van der Waals surface area contributed by atoms with Gasteiger partial charge in [-0.1, -0.05) is 0 Å². The Balaban J connectivity index is 3.30. The molecule has 0 bridgehead atoms. The molecule has 0 fully saturated rings. The molecule has 3 heteroatoms. The summed E-state index contributed by atoms with van der Waals surface area (Å²) in [6.45, 7) is 2.65. The molecule has 78 valence electrons. The maximum Gasteiger partial charge on any atom is 0.133 e. The van der Waals surface area contributed by atoms with Crippen LogP contribution in [0.15, 0.2) is 0 Å². The summed E-state index contributed by atoms with van der Waals surface area (Å²) in [6, 6.07) is 0. The fourth-order valence-electron chi connectivity index (χ4n) is 1.02. The third kappa shape index (κ3) is 7.94. The Labute approximate surface area is 80.4 Å².